The smallest absolute Gasteiger partial charge is 0.278 e. The van der Waals surface area contributed by atoms with Gasteiger partial charge >= 0.3 is 0 Å². The normalized spacial score (nSPS) is 16.3. The summed E-state index contributed by atoms with van der Waals surface area (Å²) in [5, 5.41) is 9.35. The van der Waals surface area contributed by atoms with E-state index in [4.69, 9.17) is 20.9 Å². The van der Waals surface area contributed by atoms with Crippen molar-refractivity contribution in [3.8, 4) is 23.0 Å². The first kappa shape index (κ1) is 16.2. The number of hydrogen-bond donors (Lipinski definition) is 0. The van der Waals surface area contributed by atoms with E-state index in [1.54, 1.807) is 12.4 Å². The van der Waals surface area contributed by atoms with Gasteiger partial charge in [-0.15, -0.1) is 0 Å². The zero-order valence-electron chi connectivity index (χ0n) is 14.1. The molecule has 1 unspecified atom stereocenters. The second-order valence-corrected chi connectivity index (χ2v) is 6.66. The van der Waals surface area contributed by atoms with E-state index in [9.17, 15) is 0 Å². The van der Waals surface area contributed by atoms with E-state index >= 15 is 0 Å². The van der Waals surface area contributed by atoms with E-state index in [2.05, 4.69) is 20.2 Å². The molecule has 4 aromatic rings. The molecule has 0 saturated heterocycles. The van der Waals surface area contributed by atoms with Crippen molar-refractivity contribution in [3.63, 3.8) is 0 Å². The molecule has 27 heavy (non-hydrogen) atoms. The largest absolute Gasteiger partial charge is 0.365 e. The zero-order chi connectivity index (χ0) is 18.2. The van der Waals surface area contributed by atoms with Crippen LogP contribution in [0.25, 0.3) is 23.0 Å². The van der Waals surface area contributed by atoms with Crippen LogP contribution in [0.2, 0.25) is 5.02 Å². The van der Waals surface area contributed by atoms with E-state index in [1.807, 2.05) is 47.1 Å². The summed E-state index contributed by atoms with van der Waals surface area (Å²) in [5.74, 6) is 0.859. The highest BCUT2D eigenvalue weighted by atomic mass is 35.5. The lowest BCUT2D eigenvalue weighted by atomic mass is 10.1. The van der Waals surface area contributed by atoms with Crippen molar-refractivity contribution in [1.82, 2.24) is 24.9 Å². The second kappa shape index (κ2) is 6.61. The van der Waals surface area contributed by atoms with E-state index in [0.29, 0.717) is 35.6 Å². The Balaban J connectivity index is 1.40. The lowest BCUT2D eigenvalue weighted by Gasteiger charge is -2.24. The zero-order valence-corrected chi connectivity index (χ0v) is 14.9. The maximum atomic E-state index is 5.98. The van der Waals surface area contributed by atoms with E-state index in [-0.39, 0.29) is 6.10 Å². The average Bonchev–Trinajstić information content (AvgIpc) is 3.36. The molecule has 0 N–H and O–H groups in total. The molecular formula is C19H14ClN5O2. The number of nitrogens with zero attached hydrogens (tertiary/aromatic N) is 5. The number of fused-ring (bicyclic) bond motifs is 1. The number of aromatic nitrogens is 5. The molecule has 0 fully saturated rings. The predicted octanol–water partition coefficient (Wildman–Crippen LogP) is 3.92. The van der Waals surface area contributed by atoms with Crippen LogP contribution in [0, 0.1) is 0 Å². The van der Waals surface area contributed by atoms with Gasteiger partial charge in [-0.3, -0.25) is 9.67 Å². The Bertz CT molecular complexity index is 1080. The highest BCUT2D eigenvalue weighted by molar-refractivity contribution is 6.30. The van der Waals surface area contributed by atoms with Crippen LogP contribution < -0.4 is 0 Å². The van der Waals surface area contributed by atoms with Gasteiger partial charge in [0, 0.05) is 23.0 Å². The molecule has 3 aromatic heterocycles. The van der Waals surface area contributed by atoms with E-state index in [0.717, 1.165) is 16.8 Å². The lowest BCUT2D eigenvalue weighted by molar-refractivity contribution is -0.00112. The Labute approximate surface area is 159 Å². The fourth-order valence-corrected chi connectivity index (χ4v) is 3.17. The summed E-state index contributed by atoms with van der Waals surface area (Å²) in [6.45, 7) is 1.07. The van der Waals surface area contributed by atoms with Gasteiger partial charge in [0.1, 0.15) is 6.10 Å². The second-order valence-electron chi connectivity index (χ2n) is 6.22. The average molecular weight is 380 g/mol. The molecule has 0 radical (unpaired) electrons. The summed E-state index contributed by atoms with van der Waals surface area (Å²) in [4.78, 5) is 8.50. The summed E-state index contributed by atoms with van der Waals surface area (Å²) >= 11 is 5.96. The summed E-state index contributed by atoms with van der Waals surface area (Å²) in [5.41, 5.74) is 3.46. The Morgan fingerprint density at radius 1 is 1.15 bits per heavy atom. The molecular weight excluding hydrogens is 366 g/mol. The standard InChI is InChI=1S/C19H14ClN5O2/c20-14-5-3-12(4-6-14)17-10-25-15(11-26-17)8-16(23-25)19-22-18(24-27-19)13-2-1-7-21-9-13/h1-9,17H,10-11H2. The van der Waals surface area contributed by atoms with Crippen molar-refractivity contribution >= 4 is 11.6 Å². The van der Waals surface area contributed by atoms with Gasteiger partial charge in [0.05, 0.1) is 18.8 Å². The summed E-state index contributed by atoms with van der Waals surface area (Å²) in [6, 6.07) is 13.3. The molecule has 0 amide bonds. The third-order valence-electron chi connectivity index (χ3n) is 4.44. The summed E-state index contributed by atoms with van der Waals surface area (Å²) in [7, 11) is 0. The van der Waals surface area contributed by atoms with E-state index < -0.39 is 0 Å². The van der Waals surface area contributed by atoms with Gasteiger partial charge in [-0.1, -0.05) is 28.9 Å². The molecule has 5 rings (SSSR count). The van der Waals surface area contributed by atoms with Crippen LogP contribution in [-0.2, 0) is 17.9 Å². The van der Waals surface area contributed by atoms with Gasteiger partial charge < -0.3 is 9.26 Å². The van der Waals surface area contributed by atoms with Crippen molar-refractivity contribution in [2.45, 2.75) is 19.3 Å². The fraction of sp³-hybridized carbons (Fsp3) is 0.158. The molecule has 134 valence electrons. The first-order chi connectivity index (χ1) is 13.3. The fourth-order valence-electron chi connectivity index (χ4n) is 3.05. The van der Waals surface area contributed by atoms with Crippen molar-refractivity contribution in [2.24, 2.45) is 0 Å². The molecule has 0 spiro atoms. The first-order valence-electron chi connectivity index (χ1n) is 8.44. The molecule has 0 saturated carbocycles. The number of hydrogen-bond acceptors (Lipinski definition) is 6. The Morgan fingerprint density at radius 3 is 2.85 bits per heavy atom. The lowest BCUT2D eigenvalue weighted by Crippen LogP contribution is -2.21. The Hall–Kier alpha value is -3.03. The third kappa shape index (κ3) is 3.11. The van der Waals surface area contributed by atoms with Crippen molar-refractivity contribution in [1.29, 1.82) is 0 Å². The van der Waals surface area contributed by atoms with Gasteiger partial charge in [-0.2, -0.15) is 10.1 Å². The number of halogens is 1. The van der Waals surface area contributed by atoms with Gasteiger partial charge in [0.25, 0.3) is 5.89 Å². The van der Waals surface area contributed by atoms with Crippen LogP contribution in [-0.4, -0.2) is 24.9 Å². The third-order valence-corrected chi connectivity index (χ3v) is 4.69. The molecule has 0 bridgehead atoms. The number of ether oxygens (including phenoxy) is 1. The highest BCUT2D eigenvalue weighted by Crippen LogP contribution is 2.29. The summed E-state index contributed by atoms with van der Waals surface area (Å²) < 4.78 is 13.3. The maximum Gasteiger partial charge on any atom is 0.278 e. The molecule has 4 heterocycles. The van der Waals surface area contributed by atoms with Crippen LogP contribution in [0.3, 0.4) is 0 Å². The highest BCUT2D eigenvalue weighted by Gasteiger charge is 2.24. The topological polar surface area (TPSA) is 78.9 Å². The quantitative estimate of drug-likeness (QED) is 0.536. The van der Waals surface area contributed by atoms with Crippen LogP contribution in [0.1, 0.15) is 17.4 Å². The van der Waals surface area contributed by atoms with Gasteiger partial charge in [-0.25, -0.2) is 0 Å². The van der Waals surface area contributed by atoms with Crippen LogP contribution >= 0.6 is 11.6 Å². The molecule has 7 nitrogen and oxygen atoms in total. The minimum Gasteiger partial charge on any atom is -0.365 e. The molecule has 1 aliphatic heterocycles. The number of benzene rings is 1. The predicted molar refractivity (Wildman–Crippen MR) is 97.7 cm³/mol. The first-order valence-corrected chi connectivity index (χ1v) is 8.82. The molecule has 1 aliphatic rings. The SMILES string of the molecule is Clc1ccc(C2Cn3nc(-c4nc(-c5cccnc5)no4)cc3CO2)cc1. The van der Waals surface area contributed by atoms with Crippen molar-refractivity contribution in [2.75, 3.05) is 0 Å². The van der Waals surface area contributed by atoms with Gasteiger partial charge in [-0.05, 0) is 35.9 Å². The minimum absolute atomic E-state index is 0.0730. The number of rotatable bonds is 3. The maximum absolute atomic E-state index is 5.98. The minimum atomic E-state index is -0.0730. The Kier molecular flexibility index (Phi) is 3.95. The van der Waals surface area contributed by atoms with Crippen molar-refractivity contribution < 1.29 is 9.26 Å². The Morgan fingerprint density at radius 2 is 2.04 bits per heavy atom. The van der Waals surface area contributed by atoms with Crippen LogP contribution in [0.5, 0.6) is 0 Å². The van der Waals surface area contributed by atoms with E-state index in [1.165, 1.54) is 0 Å². The monoisotopic (exact) mass is 379 g/mol. The molecule has 8 heteroatoms. The molecule has 1 atom stereocenters. The van der Waals surface area contributed by atoms with Crippen molar-refractivity contribution in [3.05, 3.63) is 71.1 Å². The summed E-state index contributed by atoms with van der Waals surface area (Å²) in [6.07, 6.45) is 3.32. The van der Waals surface area contributed by atoms with Crippen LogP contribution in [0.4, 0.5) is 0 Å². The number of pyridine rings is 1. The van der Waals surface area contributed by atoms with Gasteiger partial charge in [0.2, 0.25) is 5.82 Å². The van der Waals surface area contributed by atoms with Gasteiger partial charge in [0.15, 0.2) is 5.69 Å². The van der Waals surface area contributed by atoms with Crippen LogP contribution in [0.15, 0.2) is 59.4 Å². The molecule has 0 aliphatic carbocycles. The molecule has 1 aromatic carbocycles.